The zero-order valence-corrected chi connectivity index (χ0v) is 13.3. The zero-order chi connectivity index (χ0) is 16.1. The molecule has 0 aliphatic heterocycles. The molecule has 1 fully saturated rings. The van der Waals surface area contributed by atoms with Crippen LogP contribution in [0.3, 0.4) is 0 Å². The van der Waals surface area contributed by atoms with Crippen LogP contribution in [0.4, 0.5) is 4.79 Å². The van der Waals surface area contributed by atoms with Crippen molar-refractivity contribution in [3.63, 3.8) is 0 Å². The average molecular weight is 310 g/mol. The van der Waals surface area contributed by atoms with E-state index in [2.05, 4.69) is 34.9 Å². The van der Waals surface area contributed by atoms with Crippen molar-refractivity contribution in [2.45, 2.75) is 24.8 Å². The van der Waals surface area contributed by atoms with E-state index in [1.165, 1.54) is 5.56 Å². The summed E-state index contributed by atoms with van der Waals surface area (Å²) in [7, 11) is 1.64. The number of urea groups is 1. The lowest BCUT2D eigenvalue weighted by atomic mass is 9.96. The molecule has 0 atom stereocenters. The van der Waals surface area contributed by atoms with E-state index in [9.17, 15) is 4.79 Å². The SMILES string of the molecule is COc1cccc(CNC(=O)NCC2(c3ccccc3)CC2)c1. The molecule has 0 unspecified atom stereocenters. The van der Waals surface area contributed by atoms with Crippen LogP contribution in [0, 0.1) is 0 Å². The summed E-state index contributed by atoms with van der Waals surface area (Å²) in [4.78, 5) is 12.0. The average Bonchev–Trinajstić information content (AvgIpc) is 3.40. The second-order valence-electron chi connectivity index (χ2n) is 6.03. The Morgan fingerprint density at radius 1 is 1.09 bits per heavy atom. The third kappa shape index (κ3) is 3.83. The number of carbonyl (C=O) groups excluding carboxylic acids is 1. The van der Waals surface area contributed by atoms with Crippen LogP contribution in [0.5, 0.6) is 5.75 Å². The van der Waals surface area contributed by atoms with Crippen LogP contribution in [0.15, 0.2) is 54.6 Å². The normalized spacial score (nSPS) is 14.8. The van der Waals surface area contributed by atoms with Crippen LogP contribution in [0.1, 0.15) is 24.0 Å². The molecule has 0 aromatic heterocycles. The van der Waals surface area contributed by atoms with E-state index in [1.807, 2.05) is 30.3 Å². The summed E-state index contributed by atoms with van der Waals surface area (Å²) in [5.41, 5.74) is 2.46. The van der Waals surface area contributed by atoms with Crippen LogP contribution in [0.2, 0.25) is 0 Å². The smallest absolute Gasteiger partial charge is 0.315 e. The highest BCUT2D eigenvalue weighted by atomic mass is 16.5. The quantitative estimate of drug-likeness (QED) is 0.860. The second-order valence-corrected chi connectivity index (χ2v) is 6.03. The molecule has 0 heterocycles. The molecule has 0 radical (unpaired) electrons. The third-order valence-electron chi connectivity index (χ3n) is 4.41. The maximum absolute atomic E-state index is 12.0. The highest BCUT2D eigenvalue weighted by Crippen LogP contribution is 2.47. The summed E-state index contributed by atoms with van der Waals surface area (Å²) in [5.74, 6) is 0.797. The Labute approximate surface area is 136 Å². The Morgan fingerprint density at radius 2 is 1.87 bits per heavy atom. The maximum Gasteiger partial charge on any atom is 0.315 e. The Bertz CT molecular complexity index is 666. The molecule has 3 rings (SSSR count). The maximum atomic E-state index is 12.0. The Hall–Kier alpha value is -2.49. The molecule has 0 saturated heterocycles. The van der Waals surface area contributed by atoms with E-state index >= 15 is 0 Å². The number of amides is 2. The predicted octanol–water partition coefficient (Wildman–Crippen LogP) is 3.23. The van der Waals surface area contributed by atoms with Gasteiger partial charge in [0.2, 0.25) is 0 Å². The summed E-state index contributed by atoms with van der Waals surface area (Å²) >= 11 is 0. The molecule has 0 spiro atoms. The van der Waals surface area contributed by atoms with Gasteiger partial charge in [0.1, 0.15) is 5.75 Å². The first kappa shape index (κ1) is 15.4. The fourth-order valence-electron chi connectivity index (χ4n) is 2.79. The van der Waals surface area contributed by atoms with E-state index < -0.39 is 0 Å². The van der Waals surface area contributed by atoms with Gasteiger partial charge in [-0.15, -0.1) is 0 Å². The summed E-state index contributed by atoms with van der Waals surface area (Å²) in [6.07, 6.45) is 2.26. The first-order chi connectivity index (χ1) is 11.2. The Morgan fingerprint density at radius 3 is 2.57 bits per heavy atom. The van der Waals surface area contributed by atoms with Crippen molar-refractivity contribution in [3.05, 3.63) is 65.7 Å². The van der Waals surface area contributed by atoms with Gasteiger partial charge in [0.15, 0.2) is 0 Å². The van der Waals surface area contributed by atoms with Gasteiger partial charge >= 0.3 is 6.03 Å². The third-order valence-corrected chi connectivity index (χ3v) is 4.41. The van der Waals surface area contributed by atoms with Crippen LogP contribution >= 0.6 is 0 Å². The molecule has 1 aliphatic carbocycles. The molecule has 1 aliphatic rings. The van der Waals surface area contributed by atoms with Crippen LogP contribution in [0.25, 0.3) is 0 Å². The summed E-state index contributed by atoms with van der Waals surface area (Å²) in [6.45, 7) is 1.17. The van der Waals surface area contributed by atoms with Crippen LogP contribution in [-0.2, 0) is 12.0 Å². The van der Waals surface area contributed by atoms with Gasteiger partial charge in [-0.2, -0.15) is 0 Å². The topological polar surface area (TPSA) is 50.4 Å². The van der Waals surface area contributed by atoms with Crippen molar-refractivity contribution in [1.82, 2.24) is 10.6 Å². The van der Waals surface area contributed by atoms with Gasteiger partial charge in [0.05, 0.1) is 7.11 Å². The number of methoxy groups -OCH3 is 1. The van der Waals surface area contributed by atoms with Crippen molar-refractivity contribution in [1.29, 1.82) is 0 Å². The first-order valence-corrected chi connectivity index (χ1v) is 7.92. The monoisotopic (exact) mass is 310 g/mol. The fraction of sp³-hybridized carbons (Fsp3) is 0.316. The van der Waals surface area contributed by atoms with Gasteiger partial charge in [0.25, 0.3) is 0 Å². The molecule has 1 saturated carbocycles. The van der Waals surface area contributed by atoms with E-state index in [0.717, 1.165) is 24.2 Å². The van der Waals surface area contributed by atoms with Crippen LogP contribution in [-0.4, -0.2) is 19.7 Å². The molecule has 2 aromatic carbocycles. The van der Waals surface area contributed by atoms with Gasteiger partial charge < -0.3 is 15.4 Å². The number of nitrogens with one attached hydrogen (secondary N) is 2. The molecule has 0 bridgehead atoms. The van der Waals surface area contributed by atoms with E-state index in [-0.39, 0.29) is 11.4 Å². The van der Waals surface area contributed by atoms with Gasteiger partial charge in [-0.3, -0.25) is 0 Å². The number of hydrogen-bond acceptors (Lipinski definition) is 2. The molecular weight excluding hydrogens is 288 g/mol. The van der Waals surface area contributed by atoms with Crippen molar-refractivity contribution >= 4 is 6.03 Å². The number of benzene rings is 2. The molecule has 120 valence electrons. The molecule has 23 heavy (non-hydrogen) atoms. The summed E-state index contributed by atoms with van der Waals surface area (Å²) < 4.78 is 5.18. The molecule has 4 nitrogen and oxygen atoms in total. The highest BCUT2D eigenvalue weighted by molar-refractivity contribution is 5.74. The lowest BCUT2D eigenvalue weighted by molar-refractivity contribution is 0.239. The Balaban J connectivity index is 1.48. The summed E-state index contributed by atoms with van der Waals surface area (Å²) in [6, 6.07) is 18.0. The highest BCUT2D eigenvalue weighted by Gasteiger charge is 2.44. The van der Waals surface area contributed by atoms with Crippen molar-refractivity contribution in [2.24, 2.45) is 0 Å². The number of hydrogen-bond donors (Lipinski definition) is 2. The van der Waals surface area contributed by atoms with Gasteiger partial charge in [0, 0.05) is 18.5 Å². The lowest BCUT2D eigenvalue weighted by Crippen LogP contribution is -2.39. The van der Waals surface area contributed by atoms with Crippen molar-refractivity contribution in [3.8, 4) is 5.75 Å². The molecule has 2 N–H and O–H groups in total. The first-order valence-electron chi connectivity index (χ1n) is 7.92. The number of ether oxygens (including phenoxy) is 1. The van der Waals surface area contributed by atoms with E-state index in [4.69, 9.17) is 4.74 Å². The van der Waals surface area contributed by atoms with Crippen LogP contribution < -0.4 is 15.4 Å². The van der Waals surface area contributed by atoms with Crippen molar-refractivity contribution in [2.75, 3.05) is 13.7 Å². The largest absolute Gasteiger partial charge is 0.497 e. The lowest BCUT2D eigenvalue weighted by Gasteiger charge is -2.17. The number of rotatable bonds is 6. The van der Waals surface area contributed by atoms with Gasteiger partial charge in [-0.1, -0.05) is 42.5 Å². The fourth-order valence-corrected chi connectivity index (χ4v) is 2.79. The summed E-state index contributed by atoms with van der Waals surface area (Å²) in [5, 5.41) is 5.90. The number of carbonyl (C=O) groups is 1. The van der Waals surface area contributed by atoms with Gasteiger partial charge in [-0.05, 0) is 36.1 Å². The minimum Gasteiger partial charge on any atom is -0.497 e. The van der Waals surface area contributed by atoms with E-state index in [1.54, 1.807) is 7.11 Å². The minimum absolute atomic E-state index is 0.130. The predicted molar refractivity (Wildman–Crippen MR) is 90.6 cm³/mol. The molecule has 2 amide bonds. The Kier molecular flexibility index (Phi) is 4.51. The molecule has 4 heteroatoms. The van der Waals surface area contributed by atoms with Crippen molar-refractivity contribution < 1.29 is 9.53 Å². The second kappa shape index (κ2) is 6.73. The minimum atomic E-state index is -0.130. The molecular formula is C19H22N2O2. The molecule has 2 aromatic rings. The van der Waals surface area contributed by atoms with E-state index in [0.29, 0.717) is 13.1 Å². The zero-order valence-electron chi connectivity index (χ0n) is 13.3. The van der Waals surface area contributed by atoms with Gasteiger partial charge in [-0.25, -0.2) is 4.79 Å². The standard InChI is InChI=1S/C19H22N2O2/c1-23-17-9-5-6-15(12-17)13-20-18(22)21-14-19(10-11-19)16-7-3-2-4-8-16/h2-9,12H,10-11,13-14H2,1H3,(H2,20,21,22).